The summed E-state index contributed by atoms with van der Waals surface area (Å²) in [7, 11) is 1.57. The second-order valence-corrected chi connectivity index (χ2v) is 12.0. The van der Waals surface area contributed by atoms with E-state index in [1.807, 2.05) is 68.4 Å². The second kappa shape index (κ2) is 12.7. The molecule has 0 N–H and O–H groups in total. The zero-order valence-electron chi connectivity index (χ0n) is 23.4. The van der Waals surface area contributed by atoms with Gasteiger partial charge >= 0.3 is 5.97 Å². The van der Waals surface area contributed by atoms with Crippen LogP contribution in [-0.2, 0) is 9.53 Å². The zero-order chi connectivity index (χ0) is 30.0. The van der Waals surface area contributed by atoms with Gasteiger partial charge in [-0.15, -0.1) is 0 Å². The summed E-state index contributed by atoms with van der Waals surface area (Å²) in [6, 6.07) is 19.4. The van der Waals surface area contributed by atoms with Gasteiger partial charge < -0.3 is 14.2 Å². The molecule has 0 amide bonds. The minimum atomic E-state index is -0.780. The monoisotopic (exact) mass is 666 g/mol. The molecule has 1 aliphatic heterocycles. The molecule has 2 heterocycles. The van der Waals surface area contributed by atoms with Crippen molar-refractivity contribution in [1.29, 1.82) is 0 Å². The average Bonchev–Trinajstić information content (AvgIpc) is 3.28. The summed E-state index contributed by atoms with van der Waals surface area (Å²) < 4.78 is 19.7. The van der Waals surface area contributed by atoms with Gasteiger partial charge in [0.1, 0.15) is 0 Å². The first kappa shape index (κ1) is 29.8. The maximum atomic E-state index is 14.1. The molecule has 10 heteroatoms. The molecule has 0 saturated heterocycles. The van der Waals surface area contributed by atoms with Crippen molar-refractivity contribution < 1.29 is 19.0 Å². The van der Waals surface area contributed by atoms with Gasteiger partial charge in [0.2, 0.25) is 0 Å². The fourth-order valence-electron chi connectivity index (χ4n) is 4.73. The SMILES string of the molecule is CCOC(=O)C1=C(c2ccccc2)N=c2s/c(=C\c3cc(Br)c(OC(C)C)c(OC)c3)c(=O)n2[C@@H]1c1ccc(Cl)cc1. The number of methoxy groups -OCH3 is 1. The van der Waals surface area contributed by atoms with E-state index in [1.165, 1.54) is 11.3 Å². The Morgan fingerprint density at radius 3 is 2.50 bits per heavy atom. The summed E-state index contributed by atoms with van der Waals surface area (Å²) >= 11 is 11.0. The molecule has 0 aliphatic carbocycles. The number of hydrogen-bond acceptors (Lipinski definition) is 7. The maximum absolute atomic E-state index is 14.1. The number of fused-ring (bicyclic) bond motifs is 1. The third-order valence-electron chi connectivity index (χ3n) is 6.46. The number of esters is 1. The van der Waals surface area contributed by atoms with Crippen molar-refractivity contribution in [3.05, 3.63) is 118 Å². The number of hydrogen-bond donors (Lipinski definition) is 0. The van der Waals surface area contributed by atoms with Gasteiger partial charge in [0.15, 0.2) is 16.3 Å². The molecule has 7 nitrogen and oxygen atoms in total. The third kappa shape index (κ3) is 5.95. The number of aromatic nitrogens is 1. The highest BCUT2D eigenvalue weighted by Crippen LogP contribution is 2.38. The van der Waals surface area contributed by atoms with Gasteiger partial charge in [0, 0.05) is 10.6 Å². The minimum Gasteiger partial charge on any atom is -0.493 e. The standard InChI is InChI=1S/C32H28BrClN2O5S/c1-5-40-31(38)26-27(20-9-7-6-8-10-20)35-32-36(28(26)21-11-13-22(34)14-12-21)30(37)25(42-32)17-19-15-23(33)29(41-18(2)3)24(16-19)39-4/h6-18,28H,5H2,1-4H3/b25-17-/t28-/m1/s1. The van der Waals surface area contributed by atoms with Crippen LogP contribution in [0.1, 0.15) is 43.5 Å². The van der Waals surface area contributed by atoms with Crippen LogP contribution in [0.15, 0.2) is 86.6 Å². The number of thiazole rings is 1. The van der Waals surface area contributed by atoms with Crippen molar-refractivity contribution in [2.24, 2.45) is 4.99 Å². The van der Waals surface area contributed by atoms with Crippen LogP contribution in [0.25, 0.3) is 11.8 Å². The van der Waals surface area contributed by atoms with Gasteiger partial charge in [-0.05, 0) is 78.2 Å². The van der Waals surface area contributed by atoms with Crippen molar-refractivity contribution in [3.8, 4) is 11.5 Å². The lowest BCUT2D eigenvalue weighted by molar-refractivity contribution is -0.138. The Morgan fingerprint density at radius 2 is 1.86 bits per heavy atom. The van der Waals surface area contributed by atoms with Crippen LogP contribution in [0, 0.1) is 0 Å². The van der Waals surface area contributed by atoms with Gasteiger partial charge in [-0.2, -0.15) is 0 Å². The predicted molar refractivity (Wildman–Crippen MR) is 169 cm³/mol. The molecule has 1 aliphatic rings. The molecule has 4 aromatic rings. The van der Waals surface area contributed by atoms with Crippen LogP contribution in [0.2, 0.25) is 5.02 Å². The summed E-state index contributed by atoms with van der Waals surface area (Å²) in [5.41, 5.74) is 2.64. The minimum absolute atomic E-state index is 0.0509. The van der Waals surface area contributed by atoms with Gasteiger partial charge in [-0.25, -0.2) is 9.79 Å². The molecule has 0 spiro atoms. The molecule has 3 aromatic carbocycles. The Kier molecular flexibility index (Phi) is 9.01. The van der Waals surface area contributed by atoms with Gasteiger partial charge in [0.05, 0.1) is 46.1 Å². The molecular weight excluding hydrogens is 640 g/mol. The van der Waals surface area contributed by atoms with Crippen molar-refractivity contribution >= 4 is 56.6 Å². The largest absolute Gasteiger partial charge is 0.493 e. The summed E-state index contributed by atoms with van der Waals surface area (Å²) in [4.78, 5) is 33.0. The summed E-state index contributed by atoms with van der Waals surface area (Å²) in [6.07, 6.45) is 1.73. The number of nitrogens with zero attached hydrogens (tertiary/aromatic N) is 2. The van der Waals surface area contributed by atoms with Crippen LogP contribution in [0.5, 0.6) is 11.5 Å². The number of rotatable bonds is 8. The van der Waals surface area contributed by atoms with Gasteiger partial charge in [-0.3, -0.25) is 9.36 Å². The molecule has 0 bridgehead atoms. The first-order chi connectivity index (χ1) is 20.2. The Bertz CT molecular complexity index is 1850. The number of benzene rings is 3. The number of halogens is 2. The molecular formula is C32H28BrClN2O5S. The topological polar surface area (TPSA) is 79.1 Å². The fourth-order valence-corrected chi connectivity index (χ4v) is 6.41. The van der Waals surface area contributed by atoms with Crippen LogP contribution < -0.4 is 24.4 Å². The molecule has 0 fully saturated rings. The quantitative estimate of drug-likeness (QED) is 0.211. The number of carbonyl (C=O) groups is 1. The number of ether oxygens (including phenoxy) is 3. The highest BCUT2D eigenvalue weighted by Gasteiger charge is 2.35. The Hall–Kier alpha value is -3.66. The molecule has 0 saturated carbocycles. The summed E-state index contributed by atoms with van der Waals surface area (Å²) in [5, 5.41) is 0.542. The van der Waals surface area contributed by atoms with Gasteiger partial charge in [-0.1, -0.05) is 65.4 Å². The summed E-state index contributed by atoms with van der Waals surface area (Å²) in [5.74, 6) is 0.580. The van der Waals surface area contributed by atoms with E-state index in [9.17, 15) is 9.59 Å². The lowest BCUT2D eigenvalue weighted by Gasteiger charge is -2.25. The molecule has 216 valence electrons. The Morgan fingerprint density at radius 1 is 1.14 bits per heavy atom. The Labute approximate surface area is 260 Å². The highest BCUT2D eigenvalue weighted by molar-refractivity contribution is 9.10. The fraction of sp³-hybridized carbons (Fsp3) is 0.219. The van der Waals surface area contributed by atoms with Crippen molar-refractivity contribution in [2.45, 2.75) is 32.9 Å². The molecule has 0 unspecified atom stereocenters. The van der Waals surface area contributed by atoms with E-state index in [4.69, 9.17) is 30.8 Å². The predicted octanol–water partition coefficient (Wildman–Crippen LogP) is 6.15. The van der Waals surface area contributed by atoms with Crippen molar-refractivity contribution in [2.75, 3.05) is 13.7 Å². The normalized spacial score (nSPS) is 14.9. The lowest BCUT2D eigenvalue weighted by atomic mass is 9.93. The van der Waals surface area contributed by atoms with Crippen LogP contribution in [0.3, 0.4) is 0 Å². The van der Waals surface area contributed by atoms with E-state index in [2.05, 4.69) is 15.9 Å². The lowest BCUT2D eigenvalue weighted by Crippen LogP contribution is -2.40. The zero-order valence-corrected chi connectivity index (χ0v) is 26.5. The second-order valence-electron chi connectivity index (χ2n) is 9.68. The maximum Gasteiger partial charge on any atom is 0.338 e. The van der Waals surface area contributed by atoms with E-state index in [1.54, 1.807) is 36.8 Å². The molecule has 1 aromatic heterocycles. The highest BCUT2D eigenvalue weighted by atomic mass is 79.9. The molecule has 42 heavy (non-hydrogen) atoms. The summed E-state index contributed by atoms with van der Waals surface area (Å²) in [6.45, 7) is 5.80. The molecule has 1 atom stereocenters. The molecule has 5 rings (SSSR count). The van der Waals surface area contributed by atoms with Crippen LogP contribution >= 0.6 is 38.9 Å². The third-order valence-corrected chi connectivity index (χ3v) is 8.29. The van der Waals surface area contributed by atoms with Crippen LogP contribution in [0.4, 0.5) is 0 Å². The van der Waals surface area contributed by atoms with E-state index >= 15 is 0 Å². The van der Waals surface area contributed by atoms with Crippen LogP contribution in [-0.4, -0.2) is 30.4 Å². The van der Waals surface area contributed by atoms with E-state index in [-0.39, 0.29) is 23.8 Å². The first-order valence-corrected chi connectivity index (χ1v) is 15.3. The smallest absolute Gasteiger partial charge is 0.338 e. The Balaban J connectivity index is 1.77. The number of carbonyl (C=O) groups excluding carboxylic acids is 1. The van der Waals surface area contributed by atoms with E-state index in [0.29, 0.717) is 41.6 Å². The van der Waals surface area contributed by atoms with E-state index in [0.717, 1.165) is 11.1 Å². The van der Waals surface area contributed by atoms with E-state index < -0.39 is 12.0 Å². The van der Waals surface area contributed by atoms with Crippen molar-refractivity contribution in [1.82, 2.24) is 4.57 Å². The first-order valence-electron chi connectivity index (χ1n) is 13.3. The molecule has 0 radical (unpaired) electrons. The average molecular weight is 668 g/mol. The van der Waals surface area contributed by atoms with Gasteiger partial charge in [0.25, 0.3) is 5.56 Å². The van der Waals surface area contributed by atoms with Crippen molar-refractivity contribution in [3.63, 3.8) is 0 Å².